The number of alkyl halides is 2. The highest BCUT2D eigenvalue weighted by Crippen LogP contribution is 2.35. The Balaban J connectivity index is 1.98. The van der Waals surface area contributed by atoms with E-state index in [1.165, 1.54) is 42.2 Å². The summed E-state index contributed by atoms with van der Waals surface area (Å²) in [6, 6.07) is 7.21. The number of thiazole rings is 1. The smallest absolute Gasteiger partial charge is 0.387 e. The maximum absolute atomic E-state index is 13.8. The van der Waals surface area contributed by atoms with Crippen LogP contribution in [0.4, 0.5) is 28.4 Å². The Morgan fingerprint density at radius 1 is 1.09 bits per heavy atom. The lowest BCUT2D eigenvalue weighted by atomic mass is 10.1. The summed E-state index contributed by atoms with van der Waals surface area (Å²) in [6.07, 6.45) is 0. The fourth-order valence-corrected chi connectivity index (χ4v) is 4.01. The predicted molar refractivity (Wildman–Crippen MR) is 111 cm³/mol. The molecule has 2 aromatic carbocycles. The second-order valence-electron chi connectivity index (χ2n) is 6.69. The summed E-state index contributed by atoms with van der Waals surface area (Å²) in [5.74, 6) is -3.47. The number of ether oxygens (including phenoxy) is 1. The van der Waals surface area contributed by atoms with Gasteiger partial charge in [-0.05, 0) is 50.2 Å². The number of carbonyl (C=O) groups is 2. The molecule has 0 spiro atoms. The van der Waals surface area contributed by atoms with E-state index in [-0.39, 0.29) is 27.0 Å². The molecular weight excluding hydrogens is 450 g/mol. The van der Waals surface area contributed by atoms with Crippen molar-refractivity contribution in [3.05, 3.63) is 70.2 Å². The van der Waals surface area contributed by atoms with E-state index in [0.717, 1.165) is 23.5 Å². The standard InChI is InChI=1S/C21H17F4N3O3S/c1-10-18(17(29)12-3-6-14(7-4-12)31-20(24)25)32-21(27-10)28(11(2)19(26)30)13-5-8-15(22)16(23)9-13/h3-9,11,20H,1-2H3,(H2,26,30)/t11-/m1/s1. The van der Waals surface area contributed by atoms with Gasteiger partial charge in [-0.3, -0.25) is 9.59 Å². The molecule has 0 radical (unpaired) electrons. The monoisotopic (exact) mass is 467 g/mol. The van der Waals surface area contributed by atoms with Crippen LogP contribution in [0.1, 0.15) is 27.9 Å². The molecule has 3 rings (SSSR count). The maximum atomic E-state index is 13.8. The van der Waals surface area contributed by atoms with E-state index in [2.05, 4.69) is 9.72 Å². The van der Waals surface area contributed by atoms with Gasteiger partial charge in [-0.25, -0.2) is 13.8 Å². The van der Waals surface area contributed by atoms with Crippen molar-refractivity contribution in [1.82, 2.24) is 4.98 Å². The number of halogens is 4. The van der Waals surface area contributed by atoms with Gasteiger partial charge >= 0.3 is 6.61 Å². The SMILES string of the molecule is Cc1nc(N(c2ccc(F)c(F)c2)[C@H](C)C(N)=O)sc1C(=O)c1ccc(OC(F)F)cc1. The second-order valence-corrected chi connectivity index (χ2v) is 7.67. The molecule has 1 amide bonds. The van der Waals surface area contributed by atoms with Crippen molar-refractivity contribution in [3.63, 3.8) is 0 Å². The molecule has 0 aliphatic rings. The van der Waals surface area contributed by atoms with Crippen LogP contribution < -0.4 is 15.4 Å². The lowest BCUT2D eigenvalue weighted by Crippen LogP contribution is -2.40. The van der Waals surface area contributed by atoms with Gasteiger partial charge in [0.2, 0.25) is 11.7 Å². The molecule has 1 heterocycles. The quantitative estimate of drug-likeness (QED) is 0.387. The number of aryl methyl sites for hydroxylation is 1. The molecule has 11 heteroatoms. The third-order valence-electron chi connectivity index (χ3n) is 4.52. The summed E-state index contributed by atoms with van der Waals surface area (Å²) < 4.78 is 56.1. The average Bonchev–Trinajstić information content (AvgIpc) is 3.11. The first-order valence-electron chi connectivity index (χ1n) is 9.19. The minimum atomic E-state index is -2.99. The third-order valence-corrected chi connectivity index (χ3v) is 5.68. The second kappa shape index (κ2) is 9.35. The number of aromatic nitrogens is 1. The predicted octanol–water partition coefficient (Wildman–Crippen LogP) is 4.57. The van der Waals surface area contributed by atoms with Gasteiger partial charge in [0, 0.05) is 17.3 Å². The van der Waals surface area contributed by atoms with Gasteiger partial charge in [-0.15, -0.1) is 0 Å². The normalized spacial score (nSPS) is 12.0. The van der Waals surface area contributed by atoms with Gasteiger partial charge in [-0.1, -0.05) is 11.3 Å². The van der Waals surface area contributed by atoms with Gasteiger partial charge in [0.25, 0.3) is 0 Å². The molecule has 32 heavy (non-hydrogen) atoms. The number of carbonyl (C=O) groups excluding carboxylic acids is 2. The van der Waals surface area contributed by atoms with Crippen LogP contribution in [0.5, 0.6) is 5.75 Å². The molecular formula is C21H17F4N3O3S. The van der Waals surface area contributed by atoms with E-state index in [1.54, 1.807) is 6.92 Å². The molecule has 168 valence electrons. The number of amides is 1. The Bertz CT molecular complexity index is 1150. The highest BCUT2D eigenvalue weighted by molar-refractivity contribution is 7.18. The number of primary amides is 1. The van der Waals surface area contributed by atoms with Crippen LogP contribution in [-0.2, 0) is 4.79 Å². The highest BCUT2D eigenvalue weighted by Gasteiger charge is 2.27. The molecule has 0 unspecified atom stereocenters. The number of hydrogen-bond donors (Lipinski definition) is 1. The van der Waals surface area contributed by atoms with Crippen molar-refractivity contribution < 1.29 is 31.9 Å². The number of benzene rings is 2. The topological polar surface area (TPSA) is 85.5 Å². The summed E-state index contributed by atoms with van der Waals surface area (Å²) in [6.45, 7) is 0.0426. The molecule has 6 nitrogen and oxygen atoms in total. The van der Waals surface area contributed by atoms with Crippen LogP contribution in [0, 0.1) is 18.6 Å². The number of rotatable bonds is 8. The summed E-state index contributed by atoms with van der Waals surface area (Å²) in [7, 11) is 0. The molecule has 0 saturated heterocycles. The van der Waals surface area contributed by atoms with Crippen molar-refractivity contribution >= 4 is 33.8 Å². The summed E-state index contributed by atoms with van der Waals surface area (Å²) in [4.78, 5) is 30.6. The minimum Gasteiger partial charge on any atom is -0.435 e. The van der Waals surface area contributed by atoms with E-state index >= 15 is 0 Å². The van der Waals surface area contributed by atoms with E-state index in [9.17, 15) is 27.2 Å². The molecule has 0 fully saturated rings. The van der Waals surface area contributed by atoms with Crippen LogP contribution in [0.3, 0.4) is 0 Å². The molecule has 3 aromatic rings. The fraction of sp³-hybridized carbons (Fsp3) is 0.190. The number of ketones is 1. The molecule has 0 aliphatic heterocycles. The van der Waals surface area contributed by atoms with Gasteiger partial charge < -0.3 is 15.4 Å². The zero-order chi connectivity index (χ0) is 23.6. The summed E-state index contributed by atoms with van der Waals surface area (Å²) in [5.41, 5.74) is 6.07. The Labute approximate surface area is 184 Å². The Morgan fingerprint density at radius 3 is 2.31 bits per heavy atom. The molecule has 0 aliphatic carbocycles. The zero-order valence-corrected chi connectivity index (χ0v) is 17.6. The number of nitrogens with two attached hydrogens (primary N) is 1. The van der Waals surface area contributed by atoms with Crippen LogP contribution in [0.25, 0.3) is 0 Å². The van der Waals surface area contributed by atoms with Crippen molar-refractivity contribution in [2.24, 2.45) is 5.73 Å². The van der Waals surface area contributed by atoms with Gasteiger partial charge in [0.15, 0.2) is 16.8 Å². The first-order chi connectivity index (χ1) is 15.1. The van der Waals surface area contributed by atoms with Crippen LogP contribution >= 0.6 is 11.3 Å². The van der Waals surface area contributed by atoms with Crippen LogP contribution in [0.2, 0.25) is 0 Å². The van der Waals surface area contributed by atoms with Crippen LogP contribution in [-0.4, -0.2) is 29.3 Å². The van der Waals surface area contributed by atoms with Gasteiger partial charge in [0.1, 0.15) is 11.8 Å². The zero-order valence-electron chi connectivity index (χ0n) is 16.8. The minimum absolute atomic E-state index is 0.0990. The third kappa shape index (κ3) is 4.88. The van der Waals surface area contributed by atoms with Crippen molar-refractivity contribution in [3.8, 4) is 5.75 Å². The first kappa shape index (κ1) is 23.2. The molecule has 0 bridgehead atoms. The molecule has 2 N–H and O–H groups in total. The number of hydrogen-bond acceptors (Lipinski definition) is 6. The first-order valence-corrected chi connectivity index (χ1v) is 10.0. The molecule has 0 saturated carbocycles. The van der Waals surface area contributed by atoms with E-state index in [1.807, 2.05) is 0 Å². The molecule has 1 aromatic heterocycles. The summed E-state index contributed by atoms with van der Waals surface area (Å²) in [5, 5.41) is 0.167. The van der Waals surface area contributed by atoms with Crippen molar-refractivity contribution in [1.29, 1.82) is 0 Å². The maximum Gasteiger partial charge on any atom is 0.387 e. The number of anilines is 2. The Morgan fingerprint density at radius 2 is 1.75 bits per heavy atom. The van der Waals surface area contributed by atoms with Crippen molar-refractivity contribution in [2.75, 3.05) is 4.90 Å². The fourth-order valence-electron chi connectivity index (χ4n) is 2.88. The highest BCUT2D eigenvalue weighted by atomic mass is 32.1. The number of nitrogens with zero attached hydrogens (tertiary/aromatic N) is 2. The Kier molecular flexibility index (Phi) is 6.78. The van der Waals surface area contributed by atoms with E-state index < -0.39 is 36.0 Å². The van der Waals surface area contributed by atoms with Gasteiger partial charge in [-0.2, -0.15) is 8.78 Å². The van der Waals surface area contributed by atoms with Gasteiger partial charge in [0.05, 0.1) is 10.6 Å². The molecule has 1 atom stereocenters. The van der Waals surface area contributed by atoms with Crippen molar-refractivity contribution in [2.45, 2.75) is 26.5 Å². The average molecular weight is 467 g/mol. The lowest BCUT2D eigenvalue weighted by Gasteiger charge is -2.26. The van der Waals surface area contributed by atoms with Crippen LogP contribution in [0.15, 0.2) is 42.5 Å². The summed E-state index contributed by atoms with van der Waals surface area (Å²) >= 11 is 0.926. The lowest BCUT2D eigenvalue weighted by molar-refractivity contribution is -0.118. The van der Waals surface area contributed by atoms with E-state index in [4.69, 9.17) is 5.73 Å². The van der Waals surface area contributed by atoms with E-state index in [0.29, 0.717) is 5.69 Å². The Hall–Kier alpha value is -3.47. The largest absolute Gasteiger partial charge is 0.435 e.